The number of aromatic nitrogens is 2. The minimum atomic E-state index is -0.0972. The van der Waals surface area contributed by atoms with E-state index < -0.39 is 0 Å². The van der Waals surface area contributed by atoms with Crippen LogP contribution in [-0.4, -0.2) is 41.2 Å². The second-order valence-corrected chi connectivity index (χ2v) is 6.03. The van der Waals surface area contributed by atoms with Gasteiger partial charge >= 0.3 is 0 Å². The van der Waals surface area contributed by atoms with Gasteiger partial charge in [-0.25, -0.2) is 0 Å². The van der Waals surface area contributed by atoms with Crippen LogP contribution in [0, 0.1) is 13.8 Å². The molecule has 0 saturated heterocycles. The van der Waals surface area contributed by atoms with Crippen LogP contribution in [0.25, 0.3) is 0 Å². The third-order valence-corrected chi connectivity index (χ3v) is 3.81. The van der Waals surface area contributed by atoms with E-state index in [4.69, 9.17) is 4.42 Å². The maximum atomic E-state index is 12.4. The van der Waals surface area contributed by atoms with Crippen LogP contribution in [-0.2, 0) is 6.54 Å². The number of hydrogen-bond donors (Lipinski definition) is 1. The molecule has 0 unspecified atom stereocenters. The summed E-state index contributed by atoms with van der Waals surface area (Å²) in [7, 11) is 3.94. The van der Waals surface area contributed by atoms with Gasteiger partial charge in [0.05, 0.1) is 17.3 Å². The molecule has 0 aliphatic rings. The highest BCUT2D eigenvalue weighted by Crippen LogP contribution is 2.20. The van der Waals surface area contributed by atoms with Gasteiger partial charge in [0.25, 0.3) is 5.91 Å². The Balaban J connectivity index is 2.04. The van der Waals surface area contributed by atoms with E-state index in [1.165, 1.54) is 0 Å². The van der Waals surface area contributed by atoms with Gasteiger partial charge in [0.1, 0.15) is 11.5 Å². The van der Waals surface area contributed by atoms with Crippen molar-refractivity contribution in [3.8, 4) is 0 Å². The number of likely N-dealkylation sites (N-methyl/N-ethyl adjacent to an activating group) is 1. The van der Waals surface area contributed by atoms with Crippen LogP contribution in [0.2, 0.25) is 0 Å². The second-order valence-electron chi connectivity index (χ2n) is 6.03. The Morgan fingerprint density at radius 1 is 1.39 bits per heavy atom. The van der Waals surface area contributed by atoms with E-state index in [1.807, 2.05) is 55.9 Å². The predicted octanol–water partition coefficient (Wildman–Crippen LogP) is 2.54. The molecular weight excluding hydrogens is 292 g/mol. The number of hydrogen-bond acceptors (Lipinski definition) is 4. The van der Waals surface area contributed by atoms with Gasteiger partial charge < -0.3 is 9.73 Å². The van der Waals surface area contributed by atoms with E-state index in [0.29, 0.717) is 12.1 Å². The monoisotopic (exact) mass is 318 g/mol. The predicted molar refractivity (Wildman–Crippen MR) is 89.5 cm³/mol. The second kappa shape index (κ2) is 7.46. The maximum absolute atomic E-state index is 12.4. The highest BCUT2D eigenvalue weighted by Gasteiger charge is 2.20. The Hall–Kier alpha value is -2.08. The normalized spacial score (nSPS) is 12.6. The Morgan fingerprint density at radius 2 is 2.13 bits per heavy atom. The summed E-state index contributed by atoms with van der Waals surface area (Å²) in [6.07, 6.45) is 2.80. The number of amides is 1. The maximum Gasteiger partial charge on any atom is 0.254 e. The first kappa shape index (κ1) is 17.3. The molecule has 126 valence electrons. The van der Waals surface area contributed by atoms with Crippen LogP contribution in [0.15, 0.2) is 22.7 Å². The molecule has 23 heavy (non-hydrogen) atoms. The molecule has 0 saturated carbocycles. The van der Waals surface area contributed by atoms with Gasteiger partial charge in [-0.05, 0) is 46.5 Å². The van der Waals surface area contributed by atoms with Gasteiger partial charge in [0.15, 0.2) is 0 Å². The highest BCUT2D eigenvalue weighted by molar-refractivity contribution is 5.95. The minimum Gasteiger partial charge on any atom is -0.465 e. The van der Waals surface area contributed by atoms with Crippen LogP contribution in [0.4, 0.5) is 0 Å². The number of carbonyl (C=O) groups excluding carboxylic acids is 1. The largest absolute Gasteiger partial charge is 0.465 e. The third kappa shape index (κ3) is 4.22. The van der Waals surface area contributed by atoms with Crippen molar-refractivity contribution in [1.29, 1.82) is 0 Å². The first-order chi connectivity index (χ1) is 10.9. The average molecular weight is 318 g/mol. The van der Waals surface area contributed by atoms with Crippen molar-refractivity contribution >= 4 is 5.91 Å². The van der Waals surface area contributed by atoms with E-state index in [1.54, 1.807) is 0 Å². The summed E-state index contributed by atoms with van der Waals surface area (Å²) in [6.45, 7) is 7.17. The lowest BCUT2D eigenvalue weighted by atomic mass is 10.2. The van der Waals surface area contributed by atoms with E-state index in [2.05, 4.69) is 17.3 Å². The van der Waals surface area contributed by atoms with Crippen molar-refractivity contribution < 1.29 is 9.21 Å². The fraction of sp³-hybridized carbons (Fsp3) is 0.529. The standard InChI is InChI=1S/C17H26N4O2/c1-6-9-21-11-14(13(3)19-21)17(22)18-10-15(20(4)5)16-8-7-12(2)23-16/h7-8,11,15H,6,9-10H2,1-5H3,(H,18,22)/t15-/m1/s1. The molecular formula is C17H26N4O2. The quantitative estimate of drug-likeness (QED) is 0.852. The lowest BCUT2D eigenvalue weighted by molar-refractivity contribution is 0.0938. The number of rotatable bonds is 7. The van der Waals surface area contributed by atoms with Gasteiger partial charge in [-0.15, -0.1) is 0 Å². The number of aryl methyl sites for hydroxylation is 3. The van der Waals surface area contributed by atoms with Crippen molar-refractivity contribution in [3.05, 3.63) is 41.1 Å². The molecule has 1 amide bonds. The number of furan rings is 1. The van der Waals surface area contributed by atoms with Crippen molar-refractivity contribution in [1.82, 2.24) is 20.0 Å². The molecule has 0 aliphatic heterocycles. The lowest BCUT2D eigenvalue weighted by Gasteiger charge is -2.22. The van der Waals surface area contributed by atoms with Gasteiger partial charge in [0.2, 0.25) is 0 Å². The summed E-state index contributed by atoms with van der Waals surface area (Å²) in [6, 6.07) is 3.89. The molecule has 0 aliphatic carbocycles. The van der Waals surface area contributed by atoms with Gasteiger partial charge in [-0.2, -0.15) is 5.10 Å². The zero-order valence-corrected chi connectivity index (χ0v) is 14.6. The smallest absolute Gasteiger partial charge is 0.254 e. The topological polar surface area (TPSA) is 63.3 Å². The van der Waals surface area contributed by atoms with Crippen LogP contribution in [0.5, 0.6) is 0 Å². The summed E-state index contributed by atoms with van der Waals surface area (Å²) in [4.78, 5) is 14.5. The van der Waals surface area contributed by atoms with E-state index >= 15 is 0 Å². The fourth-order valence-electron chi connectivity index (χ4n) is 2.54. The summed E-state index contributed by atoms with van der Waals surface area (Å²) >= 11 is 0. The van der Waals surface area contributed by atoms with Crippen molar-refractivity contribution in [2.24, 2.45) is 0 Å². The van der Waals surface area contributed by atoms with E-state index in [9.17, 15) is 4.79 Å². The molecule has 6 nitrogen and oxygen atoms in total. The van der Waals surface area contributed by atoms with Crippen LogP contribution < -0.4 is 5.32 Å². The molecule has 0 aromatic carbocycles. The Morgan fingerprint density at radius 3 is 2.70 bits per heavy atom. The summed E-state index contributed by atoms with van der Waals surface area (Å²) in [5.74, 6) is 1.63. The SMILES string of the molecule is CCCn1cc(C(=O)NC[C@H](c2ccc(C)o2)N(C)C)c(C)n1. The zero-order chi connectivity index (χ0) is 17.0. The number of carbonyl (C=O) groups is 1. The van der Waals surface area contributed by atoms with Gasteiger partial charge in [0, 0.05) is 19.3 Å². The molecule has 0 bridgehead atoms. The van der Waals surface area contributed by atoms with Crippen molar-refractivity contribution in [2.75, 3.05) is 20.6 Å². The molecule has 1 N–H and O–H groups in total. The first-order valence-corrected chi connectivity index (χ1v) is 7.97. The molecule has 0 radical (unpaired) electrons. The molecule has 2 aromatic rings. The van der Waals surface area contributed by atoms with Crippen LogP contribution in [0.3, 0.4) is 0 Å². The van der Waals surface area contributed by atoms with Crippen LogP contribution in [0.1, 0.15) is 47.0 Å². The Bertz CT molecular complexity index is 657. The number of nitrogens with one attached hydrogen (secondary N) is 1. The van der Waals surface area contributed by atoms with Crippen molar-refractivity contribution in [3.63, 3.8) is 0 Å². The summed E-state index contributed by atoms with van der Waals surface area (Å²) in [5.41, 5.74) is 1.39. The van der Waals surface area contributed by atoms with Gasteiger partial charge in [-0.3, -0.25) is 14.4 Å². The molecule has 2 heterocycles. The van der Waals surface area contributed by atoms with Crippen molar-refractivity contribution in [2.45, 2.75) is 39.8 Å². The van der Waals surface area contributed by atoms with E-state index in [-0.39, 0.29) is 11.9 Å². The summed E-state index contributed by atoms with van der Waals surface area (Å²) in [5, 5.41) is 7.36. The zero-order valence-electron chi connectivity index (χ0n) is 14.6. The average Bonchev–Trinajstić information content (AvgIpc) is 3.05. The third-order valence-electron chi connectivity index (χ3n) is 3.81. The van der Waals surface area contributed by atoms with E-state index in [0.717, 1.165) is 30.2 Å². The first-order valence-electron chi connectivity index (χ1n) is 7.97. The Kier molecular flexibility index (Phi) is 5.60. The molecule has 6 heteroatoms. The fourth-order valence-corrected chi connectivity index (χ4v) is 2.54. The number of nitrogens with zero attached hydrogens (tertiary/aromatic N) is 3. The molecule has 2 rings (SSSR count). The summed E-state index contributed by atoms with van der Waals surface area (Å²) < 4.78 is 7.52. The highest BCUT2D eigenvalue weighted by atomic mass is 16.3. The molecule has 2 aromatic heterocycles. The minimum absolute atomic E-state index is 0.00126. The Labute approximate surface area is 137 Å². The van der Waals surface area contributed by atoms with Gasteiger partial charge in [-0.1, -0.05) is 6.92 Å². The lowest BCUT2D eigenvalue weighted by Crippen LogP contribution is -2.34. The molecule has 0 fully saturated rings. The van der Waals surface area contributed by atoms with Crippen LogP contribution >= 0.6 is 0 Å². The molecule has 0 spiro atoms. The molecule has 1 atom stereocenters.